The summed E-state index contributed by atoms with van der Waals surface area (Å²) in [5.41, 5.74) is 5.15. The summed E-state index contributed by atoms with van der Waals surface area (Å²) < 4.78 is 11.1. The summed E-state index contributed by atoms with van der Waals surface area (Å²) >= 11 is 0. The second-order valence-corrected chi connectivity index (χ2v) is 7.12. The van der Waals surface area contributed by atoms with E-state index >= 15 is 0 Å². The first kappa shape index (κ1) is 25.8. The van der Waals surface area contributed by atoms with Gasteiger partial charge in [0.05, 0.1) is 7.11 Å². The SMILES string of the molecule is CC.CC/C(=C(\c1ccc(O)cc1)c1ccc(OCCNC)cc1)c1ccc(O)c(OC)c1. The third kappa shape index (κ3) is 6.77. The molecule has 0 aliphatic rings. The third-order valence-corrected chi connectivity index (χ3v) is 5.10. The molecule has 0 bridgehead atoms. The van der Waals surface area contributed by atoms with E-state index in [2.05, 4.69) is 12.2 Å². The van der Waals surface area contributed by atoms with Gasteiger partial charge in [-0.25, -0.2) is 0 Å². The van der Waals surface area contributed by atoms with Crippen LogP contribution in [0.5, 0.6) is 23.0 Å². The number of likely N-dealkylation sites (N-methyl/N-ethyl adjacent to an activating group) is 1. The number of allylic oxidation sites excluding steroid dienone is 1. The molecular weight excluding hydrogens is 414 g/mol. The maximum Gasteiger partial charge on any atom is 0.161 e. The minimum Gasteiger partial charge on any atom is -0.508 e. The van der Waals surface area contributed by atoms with E-state index in [1.165, 1.54) is 0 Å². The normalized spacial score (nSPS) is 11.2. The van der Waals surface area contributed by atoms with Crippen molar-refractivity contribution in [2.24, 2.45) is 0 Å². The summed E-state index contributed by atoms with van der Waals surface area (Å²) in [5, 5.41) is 22.9. The molecule has 0 heterocycles. The topological polar surface area (TPSA) is 71.0 Å². The summed E-state index contributed by atoms with van der Waals surface area (Å²) in [6, 6.07) is 20.6. The number of hydrogen-bond donors (Lipinski definition) is 3. The highest BCUT2D eigenvalue weighted by Gasteiger charge is 2.15. The molecule has 0 amide bonds. The van der Waals surface area contributed by atoms with Gasteiger partial charge in [0.15, 0.2) is 11.5 Å². The molecule has 33 heavy (non-hydrogen) atoms. The number of ether oxygens (including phenoxy) is 2. The van der Waals surface area contributed by atoms with Crippen molar-refractivity contribution in [2.45, 2.75) is 27.2 Å². The van der Waals surface area contributed by atoms with Crippen LogP contribution in [-0.2, 0) is 0 Å². The van der Waals surface area contributed by atoms with E-state index in [4.69, 9.17) is 9.47 Å². The maximum atomic E-state index is 10.0. The molecule has 0 radical (unpaired) electrons. The highest BCUT2D eigenvalue weighted by Crippen LogP contribution is 2.38. The quantitative estimate of drug-likeness (QED) is 0.272. The van der Waals surface area contributed by atoms with E-state index in [1.54, 1.807) is 25.3 Å². The molecular formula is C28H35NO4. The van der Waals surface area contributed by atoms with Crippen LogP contribution >= 0.6 is 0 Å². The molecule has 5 heteroatoms. The molecule has 3 aromatic carbocycles. The molecule has 0 fully saturated rings. The van der Waals surface area contributed by atoms with E-state index in [1.807, 2.05) is 69.4 Å². The zero-order valence-corrected chi connectivity index (χ0v) is 20.2. The molecule has 176 valence electrons. The maximum absolute atomic E-state index is 10.0. The summed E-state index contributed by atoms with van der Waals surface area (Å²) in [6.45, 7) is 7.48. The van der Waals surface area contributed by atoms with Crippen molar-refractivity contribution in [1.29, 1.82) is 0 Å². The lowest BCUT2D eigenvalue weighted by Gasteiger charge is -2.18. The molecule has 3 rings (SSSR count). The van der Waals surface area contributed by atoms with Crippen molar-refractivity contribution in [2.75, 3.05) is 27.3 Å². The minimum absolute atomic E-state index is 0.107. The first-order valence-electron chi connectivity index (χ1n) is 11.3. The van der Waals surface area contributed by atoms with Gasteiger partial charge in [0, 0.05) is 6.54 Å². The van der Waals surface area contributed by atoms with Crippen LogP contribution in [0.2, 0.25) is 0 Å². The van der Waals surface area contributed by atoms with Gasteiger partial charge >= 0.3 is 0 Å². The Morgan fingerprint density at radius 3 is 1.97 bits per heavy atom. The number of phenols is 2. The largest absolute Gasteiger partial charge is 0.508 e. The number of hydrogen-bond acceptors (Lipinski definition) is 5. The lowest BCUT2D eigenvalue weighted by molar-refractivity contribution is 0.318. The van der Waals surface area contributed by atoms with Gasteiger partial charge in [-0.1, -0.05) is 51.1 Å². The van der Waals surface area contributed by atoms with Crippen LogP contribution < -0.4 is 14.8 Å². The van der Waals surface area contributed by atoms with E-state index in [0.29, 0.717) is 12.4 Å². The minimum atomic E-state index is 0.107. The van der Waals surface area contributed by atoms with Gasteiger partial charge < -0.3 is 25.0 Å². The van der Waals surface area contributed by atoms with Gasteiger partial charge in [0.2, 0.25) is 0 Å². The number of aromatic hydroxyl groups is 2. The van der Waals surface area contributed by atoms with Gasteiger partial charge in [-0.15, -0.1) is 0 Å². The van der Waals surface area contributed by atoms with Gasteiger partial charge in [0.1, 0.15) is 18.1 Å². The van der Waals surface area contributed by atoms with Crippen LogP contribution in [-0.4, -0.2) is 37.5 Å². The fraction of sp³-hybridized carbons (Fsp3) is 0.286. The summed E-state index contributed by atoms with van der Waals surface area (Å²) in [7, 11) is 3.44. The van der Waals surface area contributed by atoms with Crippen molar-refractivity contribution in [1.82, 2.24) is 5.32 Å². The van der Waals surface area contributed by atoms with Crippen molar-refractivity contribution >= 4 is 11.1 Å². The third-order valence-electron chi connectivity index (χ3n) is 5.10. The Labute approximate surface area is 197 Å². The molecule has 0 aliphatic carbocycles. The van der Waals surface area contributed by atoms with Crippen molar-refractivity contribution < 1.29 is 19.7 Å². The molecule has 3 aromatic rings. The molecule has 3 N–H and O–H groups in total. The molecule has 5 nitrogen and oxygen atoms in total. The van der Waals surface area contributed by atoms with Crippen LogP contribution in [0.25, 0.3) is 11.1 Å². The first-order valence-corrected chi connectivity index (χ1v) is 11.3. The predicted octanol–water partition coefficient (Wildman–Crippen LogP) is 6.10. The number of methoxy groups -OCH3 is 1. The molecule has 0 unspecified atom stereocenters. The number of benzene rings is 3. The van der Waals surface area contributed by atoms with Crippen molar-refractivity contribution in [3.8, 4) is 23.0 Å². The average Bonchev–Trinajstić information content (AvgIpc) is 2.86. The van der Waals surface area contributed by atoms with E-state index in [0.717, 1.165) is 46.6 Å². The Morgan fingerprint density at radius 2 is 1.42 bits per heavy atom. The first-order chi connectivity index (χ1) is 16.1. The van der Waals surface area contributed by atoms with Gasteiger partial charge in [0.25, 0.3) is 0 Å². The highest BCUT2D eigenvalue weighted by molar-refractivity contribution is 5.98. The molecule has 0 spiro atoms. The lowest BCUT2D eigenvalue weighted by Crippen LogP contribution is -2.15. The average molecular weight is 450 g/mol. The Bertz CT molecular complexity index is 1020. The van der Waals surface area contributed by atoms with Crippen LogP contribution in [0, 0.1) is 0 Å². The van der Waals surface area contributed by atoms with E-state index in [9.17, 15) is 10.2 Å². The molecule has 0 saturated carbocycles. The Hall–Kier alpha value is -3.44. The molecule has 0 aromatic heterocycles. The Morgan fingerprint density at radius 1 is 0.848 bits per heavy atom. The van der Waals surface area contributed by atoms with E-state index < -0.39 is 0 Å². The van der Waals surface area contributed by atoms with Crippen molar-refractivity contribution in [3.63, 3.8) is 0 Å². The Kier molecular flexibility index (Phi) is 10.3. The number of phenolic OH excluding ortho intramolecular Hbond substituents is 2. The fourth-order valence-electron chi connectivity index (χ4n) is 3.52. The highest BCUT2D eigenvalue weighted by atomic mass is 16.5. The van der Waals surface area contributed by atoms with Gasteiger partial charge in [-0.3, -0.25) is 0 Å². The zero-order chi connectivity index (χ0) is 24.2. The second-order valence-electron chi connectivity index (χ2n) is 7.12. The fourth-order valence-corrected chi connectivity index (χ4v) is 3.52. The van der Waals surface area contributed by atoms with Gasteiger partial charge in [-0.2, -0.15) is 0 Å². The standard InChI is InChI=1S/C26H29NO4.C2H6/c1-4-23(20-9-14-24(29)25(17-20)30-3)26(18-5-10-21(28)11-6-18)19-7-12-22(13-8-19)31-16-15-27-2;1-2/h5-14,17,27-29H,4,15-16H2,1-3H3;1-2H3/b26-23-;. The van der Waals surface area contributed by atoms with Gasteiger partial charge in [-0.05, 0) is 77.7 Å². The molecule has 0 saturated heterocycles. The van der Waals surface area contributed by atoms with Crippen molar-refractivity contribution in [3.05, 3.63) is 83.4 Å². The Balaban J connectivity index is 0.00000187. The van der Waals surface area contributed by atoms with Crippen LogP contribution in [0.1, 0.15) is 43.9 Å². The van der Waals surface area contributed by atoms with E-state index in [-0.39, 0.29) is 11.5 Å². The molecule has 0 atom stereocenters. The number of rotatable bonds is 9. The molecule has 0 aliphatic heterocycles. The predicted molar refractivity (Wildman–Crippen MR) is 136 cm³/mol. The summed E-state index contributed by atoms with van der Waals surface area (Å²) in [4.78, 5) is 0. The summed E-state index contributed by atoms with van der Waals surface area (Å²) in [6.07, 6.45) is 0.768. The summed E-state index contributed by atoms with van der Waals surface area (Å²) in [5.74, 6) is 1.58. The smallest absolute Gasteiger partial charge is 0.161 e. The zero-order valence-electron chi connectivity index (χ0n) is 20.2. The van der Waals surface area contributed by atoms with Crippen LogP contribution in [0.3, 0.4) is 0 Å². The monoisotopic (exact) mass is 449 g/mol. The van der Waals surface area contributed by atoms with Crippen LogP contribution in [0.15, 0.2) is 66.7 Å². The lowest BCUT2D eigenvalue weighted by atomic mass is 9.88. The van der Waals surface area contributed by atoms with Crippen LogP contribution in [0.4, 0.5) is 0 Å². The second kappa shape index (κ2) is 13.2. The number of nitrogens with one attached hydrogen (secondary N) is 1.